The van der Waals surface area contributed by atoms with Crippen LogP contribution in [-0.2, 0) is 28.9 Å². The van der Waals surface area contributed by atoms with E-state index in [-0.39, 0.29) is 25.5 Å². The predicted molar refractivity (Wildman–Crippen MR) is 81.5 cm³/mol. The van der Waals surface area contributed by atoms with E-state index in [2.05, 4.69) is 10.2 Å². The average molecular weight is 408 g/mol. The highest BCUT2D eigenvalue weighted by Crippen LogP contribution is 2.31. The van der Waals surface area contributed by atoms with Crippen LogP contribution in [-0.4, -0.2) is 44.1 Å². The third kappa shape index (κ3) is 4.09. The number of hydrogen-bond donors (Lipinski definition) is 0. The molecule has 0 saturated carbocycles. The number of allylic oxidation sites excluding steroid dienone is 4. The van der Waals surface area contributed by atoms with Gasteiger partial charge >= 0.3 is 6.18 Å². The van der Waals surface area contributed by atoms with Crippen LogP contribution < -0.4 is 0 Å². The lowest BCUT2D eigenvalue weighted by Gasteiger charge is -2.28. The number of alkyl halides is 4. The maximum Gasteiger partial charge on any atom is 0.451 e. The number of rotatable bonds is 4. The maximum absolute atomic E-state index is 13.7. The maximum atomic E-state index is 13.7. The van der Waals surface area contributed by atoms with Gasteiger partial charge in [-0.05, 0) is 12.2 Å². The Morgan fingerprint density at radius 2 is 1.79 bits per heavy atom. The minimum atomic E-state index is -4.67. The Balaban J connectivity index is 1.59. The van der Waals surface area contributed by atoms with Crippen LogP contribution in [0.2, 0.25) is 0 Å². The normalized spacial score (nSPS) is 22.4. The molecule has 152 valence electrons. The molecule has 1 aromatic heterocycles. The van der Waals surface area contributed by atoms with Crippen molar-refractivity contribution in [3.8, 4) is 0 Å². The summed E-state index contributed by atoms with van der Waals surface area (Å²) in [6.07, 6.45) is -6.63. The van der Waals surface area contributed by atoms with E-state index in [4.69, 9.17) is 0 Å². The van der Waals surface area contributed by atoms with Crippen molar-refractivity contribution < 1.29 is 35.9 Å². The monoisotopic (exact) mass is 408 g/mol. The van der Waals surface area contributed by atoms with Gasteiger partial charge in [-0.25, -0.2) is 13.2 Å². The molecule has 2 aliphatic rings. The Kier molecular flexibility index (Phi) is 5.31. The molecule has 0 radical (unpaired) electrons. The Labute approximate surface area is 154 Å². The van der Waals surface area contributed by atoms with Crippen LogP contribution in [0.15, 0.2) is 23.8 Å². The molecule has 1 amide bonds. The second-order valence-corrected chi connectivity index (χ2v) is 6.46. The number of halogens is 6. The highest BCUT2D eigenvalue weighted by molar-refractivity contribution is 5.98. The standard InChI is InChI=1S/C16H14F6N4O2/c17-10-6-12(19)11(18)4-8(10)3-9(27)5-14(28)25-1-2-26-13(7-25)23-24-15(26)16(20,21)22/h4,6,8,10H,1-3,5,7H2. The molecule has 12 heteroatoms. The fourth-order valence-electron chi connectivity index (χ4n) is 3.07. The topological polar surface area (TPSA) is 68.1 Å². The Morgan fingerprint density at radius 3 is 2.46 bits per heavy atom. The van der Waals surface area contributed by atoms with Crippen molar-refractivity contribution in [3.63, 3.8) is 0 Å². The summed E-state index contributed by atoms with van der Waals surface area (Å²) in [6.45, 7) is -0.533. The smallest absolute Gasteiger partial charge is 0.333 e. The van der Waals surface area contributed by atoms with Crippen molar-refractivity contribution in [3.05, 3.63) is 35.5 Å². The fraction of sp³-hybridized carbons (Fsp3) is 0.500. The van der Waals surface area contributed by atoms with Crippen LogP contribution in [0.1, 0.15) is 24.5 Å². The second-order valence-electron chi connectivity index (χ2n) is 6.46. The van der Waals surface area contributed by atoms with Gasteiger partial charge in [-0.3, -0.25) is 9.59 Å². The van der Waals surface area contributed by atoms with E-state index in [1.165, 1.54) is 0 Å². The second kappa shape index (κ2) is 7.40. The average Bonchev–Trinajstić information content (AvgIpc) is 3.03. The highest BCUT2D eigenvalue weighted by atomic mass is 19.4. The van der Waals surface area contributed by atoms with Crippen molar-refractivity contribution in [2.75, 3.05) is 6.54 Å². The molecule has 6 nitrogen and oxygen atoms in total. The lowest BCUT2D eigenvalue weighted by Crippen LogP contribution is -2.40. The van der Waals surface area contributed by atoms with E-state index < -0.39 is 60.3 Å². The summed E-state index contributed by atoms with van der Waals surface area (Å²) in [4.78, 5) is 25.4. The Bertz CT molecular complexity index is 860. The molecule has 1 aliphatic heterocycles. The number of Topliss-reactive ketones (excluding diaryl/α,β-unsaturated/α-hetero) is 1. The number of aromatic nitrogens is 3. The lowest BCUT2D eigenvalue weighted by molar-refractivity contribution is -0.148. The molecule has 2 heterocycles. The van der Waals surface area contributed by atoms with Gasteiger partial charge in [0.2, 0.25) is 11.7 Å². The van der Waals surface area contributed by atoms with Crippen LogP contribution >= 0.6 is 0 Å². The van der Waals surface area contributed by atoms with Gasteiger partial charge in [0, 0.05) is 25.4 Å². The molecule has 2 unspecified atom stereocenters. The third-order valence-electron chi connectivity index (χ3n) is 4.47. The van der Waals surface area contributed by atoms with Crippen LogP contribution in [0.3, 0.4) is 0 Å². The molecule has 1 aromatic rings. The summed E-state index contributed by atoms with van der Waals surface area (Å²) in [5, 5.41) is 6.51. The minimum Gasteiger partial charge on any atom is -0.333 e. The number of carbonyl (C=O) groups excluding carboxylic acids is 2. The van der Waals surface area contributed by atoms with Gasteiger partial charge in [-0.2, -0.15) is 13.2 Å². The Morgan fingerprint density at radius 1 is 1.11 bits per heavy atom. The number of nitrogens with zero attached hydrogens (tertiary/aromatic N) is 4. The molecule has 0 aromatic carbocycles. The predicted octanol–water partition coefficient (Wildman–Crippen LogP) is 2.66. The van der Waals surface area contributed by atoms with Gasteiger partial charge < -0.3 is 9.47 Å². The first kappa shape index (κ1) is 20.1. The first-order valence-corrected chi connectivity index (χ1v) is 8.24. The van der Waals surface area contributed by atoms with Gasteiger partial charge in [0.05, 0.1) is 13.0 Å². The number of ketones is 1. The van der Waals surface area contributed by atoms with Crippen molar-refractivity contribution in [2.24, 2.45) is 5.92 Å². The summed E-state index contributed by atoms with van der Waals surface area (Å²) in [7, 11) is 0. The molecule has 0 fully saturated rings. The van der Waals surface area contributed by atoms with E-state index >= 15 is 0 Å². The van der Waals surface area contributed by atoms with E-state index in [1.54, 1.807) is 0 Å². The summed E-state index contributed by atoms with van der Waals surface area (Å²) in [5.74, 6) is -6.44. The Hall–Kier alpha value is -2.66. The first-order chi connectivity index (χ1) is 13.1. The third-order valence-corrected chi connectivity index (χ3v) is 4.47. The first-order valence-electron chi connectivity index (χ1n) is 8.24. The van der Waals surface area contributed by atoms with Crippen molar-refractivity contribution in [1.82, 2.24) is 19.7 Å². The van der Waals surface area contributed by atoms with Crippen molar-refractivity contribution in [2.45, 2.75) is 38.3 Å². The molecule has 2 atom stereocenters. The molecule has 1 aliphatic carbocycles. The molecular weight excluding hydrogens is 394 g/mol. The summed E-state index contributed by atoms with van der Waals surface area (Å²) in [5.41, 5.74) is 0. The summed E-state index contributed by atoms with van der Waals surface area (Å²) < 4.78 is 79.1. The lowest BCUT2D eigenvalue weighted by atomic mass is 9.91. The number of carbonyl (C=O) groups is 2. The molecule has 0 N–H and O–H groups in total. The van der Waals surface area contributed by atoms with Crippen LogP contribution in [0.4, 0.5) is 26.3 Å². The van der Waals surface area contributed by atoms with Gasteiger partial charge in [0.1, 0.15) is 12.0 Å². The largest absolute Gasteiger partial charge is 0.451 e. The summed E-state index contributed by atoms with van der Waals surface area (Å²) in [6, 6.07) is 0. The summed E-state index contributed by atoms with van der Waals surface area (Å²) >= 11 is 0. The molecule has 0 saturated heterocycles. The zero-order valence-electron chi connectivity index (χ0n) is 14.2. The zero-order chi connectivity index (χ0) is 20.6. The van der Waals surface area contributed by atoms with E-state index in [1.807, 2.05) is 0 Å². The number of fused-ring (bicyclic) bond motifs is 1. The zero-order valence-corrected chi connectivity index (χ0v) is 14.2. The van der Waals surface area contributed by atoms with Gasteiger partial charge in [0.15, 0.2) is 17.5 Å². The number of hydrogen-bond acceptors (Lipinski definition) is 4. The van der Waals surface area contributed by atoms with Crippen molar-refractivity contribution >= 4 is 11.7 Å². The van der Waals surface area contributed by atoms with Gasteiger partial charge in [-0.1, -0.05) is 0 Å². The van der Waals surface area contributed by atoms with Crippen molar-refractivity contribution in [1.29, 1.82) is 0 Å². The fourth-order valence-corrected chi connectivity index (χ4v) is 3.07. The van der Waals surface area contributed by atoms with Crippen LogP contribution in [0.5, 0.6) is 0 Å². The van der Waals surface area contributed by atoms with Crippen LogP contribution in [0, 0.1) is 5.92 Å². The van der Waals surface area contributed by atoms with E-state index in [0.29, 0.717) is 12.2 Å². The molecule has 28 heavy (non-hydrogen) atoms. The van der Waals surface area contributed by atoms with Crippen LogP contribution in [0.25, 0.3) is 0 Å². The molecular formula is C16H14F6N4O2. The number of amides is 1. The highest BCUT2D eigenvalue weighted by Gasteiger charge is 2.40. The van der Waals surface area contributed by atoms with Gasteiger partial charge in [0.25, 0.3) is 0 Å². The molecule has 0 spiro atoms. The molecule has 0 bridgehead atoms. The molecule has 3 rings (SSSR count). The van der Waals surface area contributed by atoms with E-state index in [9.17, 15) is 35.9 Å². The minimum absolute atomic E-state index is 0.0684. The quantitative estimate of drug-likeness (QED) is 0.568. The SMILES string of the molecule is O=C(CC(=O)N1CCn2c(nnc2C(F)(F)F)C1)CC1C=C(F)C(F)=CC1F. The van der Waals surface area contributed by atoms with Gasteiger partial charge in [-0.15, -0.1) is 10.2 Å². The van der Waals surface area contributed by atoms with E-state index in [0.717, 1.165) is 9.47 Å².